The lowest BCUT2D eigenvalue weighted by Gasteiger charge is -2.30. The molecular weight excluding hydrogens is 210 g/mol. The van der Waals surface area contributed by atoms with E-state index in [1.807, 2.05) is 12.2 Å². The predicted octanol–water partition coefficient (Wildman–Crippen LogP) is 3.08. The molecule has 0 saturated carbocycles. The zero-order valence-corrected chi connectivity index (χ0v) is 9.73. The lowest BCUT2D eigenvalue weighted by Crippen LogP contribution is -2.27. The number of hydrogen-bond donors (Lipinski definition) is 0. The molecule has 1 heterocycles. The van der Waals surface area contributed by atoms with Gasteiger partial charge in [0.05, 0.1) is 6.07 Å². The monoisotopic (exact) mass is 223 g/mol. The van der Waals surface area contributed by atoms with Crippen molar-refractivity contribution in [3.63, 3.8) is 0 Å². The van der Waals surface area contributed by atoms with Crippen LogP contribution in [0, 0.1) is 18.3 Å². The summed E-state index contributed by atoms with van der Waals surface area (Å²) in [7, 11) is 0. The van der Waals surface area contributed by atoms with Gasteiger partial charge in [-0.15, -0.1) is 0 Å². The van der Waals surface area contributed by atoms with Gasteiger partial charge in [-0.1, -0.05) is 18.2 Å². The van der Waals surface area contributed by atoms with E-state index in [0.29, 0.717) is 6.42 Å². The second kappa shape index (κ2) is 3.78. The number of hydrogen-bond acceptors (Lipinski definition) is 2. The summed E-state index contributed by atoms with van der Waals surface area (Å²) in [6, 6.07) is 8.53. The Morgan fingerprint density at radius 1 is 1.35 bits per heavy atom. The van der Waals surface area contributed by atoms with E-state index in [1.54, 1.807) is 0 Å². The molecule has 0 fully saturated rings. The second-order valence-electron chi connectivity index (χ2n) is 4.64. The lowest BCUT2D eigenvalue weighted by atomic mass is 9.88. The maximum Gasteiger partial charge on any atom is 0.125 e. The van der Waals surface area contributed by atoms with Crippen molar-refractivity contribution >= 4 is 0 Å². The first kappa shape index (κ1) is 10.2. The summed E-state index contributed by atoms with van der Waals surface area (Å²) < 4.78 is 5.99. The van der Waals surface area contributed by atoms with Crippen molar-refractivity contribution in [2.24, 2.45) is 0 Å². The Bertz CT molecular complexity index is 575. The van der Waals surface area contributed by atoms with Crippen molar-refractivity contribution in [1.29, 1.82) is 5.26 Å². The molecular formula is C15H13NO. The highest BCUT2D eigenvalue weighted by Gasteiger charge is 2.27. The van der Waals surface area contributed by atoms with Gasteiger partial charge in [0.2, 0.25) is 0 Å². The average molecular weight is 223 g/mol. The smallest absolute Gasteiger partial charge is 0.125 e. The van der Waals surface area contributed by atoms with E-state index in [4.69, 9.17) is 10.00 Å². The number of ether oxygens (including phenoxy) is 1. The molecule has 84 valence electrons. The SMILES string of the molecule is Cc1ccc2c(c1)OC1CC(C#N)=CC=C1C2. The molecule has 2 nitrogen and oxygen atoms in total. The quantitative estimate of drug-likeness (QED) is 0.677. The molecule has 0 amide bonds. The molecule has 1 aliphatic carbocycles. The fraction of sp³-hybridized carbons (Fsp3) is 0.267. The van der Waals surface area contributed by atoms with Crippen LogP contribution in [0.5, 0.6) is 5.75 Å². The van der Waals surface area contributed by atoms with E-state index in [1.165, 1.54) is 16.7 Å². The first-order chi connectivity index (χ1) is 8.26. The molecule has 17 heavy (non-hydrogen) atoms. The van der Waals surface area contributed by atoms with Gasteiger partial charge in [0.15, 0.2) is 0 Å². The minimum atomic E-state index is 0.0592. The van der Waals surface area contributed by atoms with E-state index >= 15 is 0 Å². The lowest BCUT2D eigenvalue weighted by molar-refractivity contribution is 0.219. The van der Waals surface area contributed by atoms with Crippen LogP contribution in [0.15, 0.2) is 41.5 Å². The number of nitrogens with zero attached hydrogens (tertiary/aromatic N) is 1. The molecule has 0 radical (unpaired) electrons. The van der Waals surface area contributed by atoms with Gasteiger partial charge in [-0.2, -0.15) is 5.26 Å². The highest BCUT2D eigenvalue weighted by Crippen LogP contribution is 2.35. The molecule has 1 aromatic rings. The summed E-state index contributed by atoms with van der Waals surface area (Å²) in [6.07, 6.45) is 5.65. The molecule has 0 spiro atoms. The van der Waals surface area contributed by atoms with Gasteiger partial charge < -0.3 is 4.74 Å². The molecule has 1 atom stereocenters. The fourth-order valence-corrected chi connectivity index (χ4v) is 2.38. The average Bonchev–Trinajstić information content (AvgIpc) is 2.35. The molecule has 3 rings (SSSR count). The van der Waals surface area contributed by atoms with Gasteiger partial charge in [0.1, 0.15) is 11.9 Å². The third-order valence-corrected chi connectivity index (χ3v) is 3.35. The van der Waals surface area contributed by atoms with Gasteiger partial charge in [-0.05, 0) is 35.8 Å². The maximum atomic E-state index is 8.92. The number of nitriles is 1. The molecule has 0 bridgehead atoms. The van der Waals surface area contributed by atoms with Gasteiger partial charge in [-0.3, -0.25) is 0 Å². The van der Waals surface area contributed by atoms with Gasteiger partial charge in [0, 0.05) is 18.4 Å². The van der Waals surface area contributed by atoms with Crippen LogP contribution >= 0.6 is 0 Å². The Morgan fingerprint density at radius 3 is 3.06 bits per heavy atom. The third-order valence-electron chi connectivity index (χ3n) is 3.35. The zero-order chi connectivity index (χ0) is 11.8. The molecule has 0 aromatic heterocycles. The van der Waals surface area contributed by atoms with Crippen molar-refractivity contribution in [3.05, 3.63) is 52.6 Å². The van der Waals surface area contributed by atoms with Crippen molar-refractivity contribution in [2.75, 3.05) is 0 Å². The number of fused-ring (bicyclic) bond motifs is 2. The largest absolute Gasteiger partial charge is 0.485 e. The maximum absolute atomic E-state index is 8.92. The van der Waals surface area contributed by atoms with Crippen LogP contribution in [-0.4, -0.2) is 6.10 Å². The normalized spacial score (nSPS) is 21.3. The summed E-state index contributed by atoms with van der Waals surface area (Å²) >= 11 is 0. The summed E-state index contributed by atoms with van der Waals surface area (Å²) in [5, 5.41) is 8.92. The Hall–Kier alpha value is -2.01. The number of rotatable bonds is 0. The first-order valence-electron chi connectivity index (χ1n) is 5.82. The number of allylic oxidation sites excluding steroid dienone is 2. The molecule has 1 aliphatic heterocycles. The molecule has 2 aliphatic rings. The Kier molecular flexibility index (Phi) is 2.26. The Labute approximate surface area is 101 Å². The topological polar surface area (TPSA) is 33.0 Å². The number of aryl methyl sites for hydroxylation is 1. The van der Waals surface area contributed by atoms with E-state index < -0.39 is 0 Å². The minimum Gasteiger partial charge on any atom is -0.485 e. The molecule has 1 aromatic carbocycles. The van der Waals surface area contributed by atoms with Crippen LogP contribution in [0.25, 0.3) is 0 Å². The molecule has 0 saturated heterocycles. The predicted molar refractivity (Wildman–Crippen MR) is 65.7 cm³/mol. The summed E-state index contributed by atoms with van der Waals surface area (Å²) in [4.78, 5) is 0. The van der Waals surface area contributed by atoms with Gasteiger partial charge in [-0.25, -0.2) is 0 Å². The van der Waals surface area contributed by atoms with Crippen LogP contribution in [0.2, 0.25) is 0 Å². The Balaban J connectivity index is 1.98. The van der Waals surface area contributed by atoms with Crippen LogP contribution in [0.4, 0.5) is 0 Å². The van der Waals surface area contributed by atoms with Crippen molar-refractivity contribution in [2.45, 2.75) is 25.9 Å². The van der Waals surface area contributed by atoms with Crippen LogP contribution in [0.1, 0.15) is 17.5 Å². The van der Waals surface area contributed by atoms with Crippen LogP contribution in [0.3, 0.4) is 0 Å². The highest BCUT2D eigenvalue weighted by molar-refractivity contribution is 5.47. The van der Waals surface area contributed by atoms with Crippen LogP contribution in [-0.2, 0) is 6.42 Å². The summed E-state index contributed by atoms with van der Waals surface area (Å²) in [5.41, 5.74) is 4.53. The van der Waals surface area contributed by atoms with Gasteiger partial charge >= 0.3 is 0 Å². The van der Waals surface area contributed by atoms with Crippen molar-refractivity contribution in [1.82, 2.24) is 0 Å². The zero-order valence-electron chi connectivity index (χ0n) is 9.73. The van der Waals surface area contributed by atoms with Gasteiger partial charge in [0.25, 0.3) is 0 Å². The van der Waals surface area contributed by atoms with Crippen molar-refractivity contribution < 1.29 is 4.74 Å². The molecule has 2 heteroatoms. The van der Waals surface area contributed by atoms with E-state index in [-0.39, 0.29) is 6.10 Å². The second-order valence-corrected chi connectivity index (χ2v) is 4.64. The van der Waals surface area contributed by atoms with Crippen LogP contribution < -0.4 is 4.74 Å². The fourth-order valence-electron chi connectivity index (χ4n) is 2.38. The standard InChI is InChI=1S/C15H13NO/c1-10-2-4-12-8-13-5-3-11(9-16)7-15(13)17-14(12)6-10/h2-6,15H,7-8H2,1H3. The summed E-state index contributed by atoms with van der Waals surface area (Å²) in [5.74, 6) is 0.978. The molecule has 1 unspecified atom stereocenters. The van der Waals surface area contributed by atoms with E-state index in [2.05, 4.69) is 31.2 Å². The summed E-state index contributed by atoms with van der Waals surface area (Å²) in [6.45, 7) is 2.07. The Morgan fingerprint density at radius 2 is 2.24 bits per heavy atom. The first-order valence-corrected chi connectivity index (χ1v) is 5.82. The van der Waals surface area contributed by atoms with Crippen molar-refractivity contribution in [3.8, 4) is 11.8 Å². The highest BCUT2D eigenvalue weighted by atomic mass is 16.5. The minimum absolute atomic E-state index is 0.0592. The molecule has 0 N–H and O–H groups in total. The van der Waals surface area contributed by atoms with E-state index in [0.717, 1.165) is 17.7 Å². The number of benzene rings is 1. The third kappa shape index (κ3) is 1.74. The van der Waals surface area contributed by atoms with E-state index in [9.17, 15) is 0 Å².